The molecule has 0 unspecified atom stereocenters. The molecule has 0 spiro atoms. The van der Waals surface area contributed by atoms with Crippen LogP contribution in [0.5, 0.6) is 0 Å². The van der Waals surface area contributed by atoms with Crippen LogP contribution in [-0.2, 0) is 4.79 Å². The molecule has 2 rings (SSSR count). The number of carbonyl (C=O) groups is 2. The molecular formula is C14H15N3O3. The molecule has 0 fully saturated rings. The van der Waals surface area contributed by atoms with Gasteiger partial charge in [-0.3, -0.25) is 9.59 Å². The van der Waals surface area contributed by atoms with E-state index in [1.807, 2.05) is 6.92 Å². The van der Waals surface area contributed by atoms with Crippen molar-refractivity contribution < 1.29 is 14.0 Å². The fourth-order valence-electron chi connectivity index (χ4n) is 1.72. The van der Waals surface area contributed by atoms with E-state index >= 15 is 0 Å². The first-order chi connectivity index (χ1) is 9.56. The van der Waals surface area contributed by atoms with Crippen LogP contribution < -0.4 is 5.32 Å². The Balaban J connectivity index is 1.87. The Morgan fingerprint density at radius 1 is 1.45 bits per heavy atom. The highest BCUT2D eigenvalue weighted by atomic mass is 16.3. The maximum atomic E-state index is 11.9. The monoisotopic (exact) mass is 273 g/mol. The van der Waals surface area contributed by atoms with Gasteiger partial charge in [0.25, 0.3) is 5.91 Å². The number of rotatable bonds is 4. The average molecular weight is 273 g/mol. The van der Waals surface area contributed by atoms with Crippen molar-refractivity contribution in [3.8, 4) is 0 Å². The number of aromatic nitrogens is 2. The minimum atomic E-state index is -0.365. The Hall–Kier alpha value is -2.63. The van der Waals surface area contributed by atoms with Crippen molar-refractivity contribution in [2.75, 3.05) is 6.54 Å². The van der Waals surface area contributed by atoms with Crippen molar-refractivity contribution in [1.29, 1.82) is 0 Å². The highest BCUT2D eigenvalue weighted by Crippen LogP contribution is 2.02. The highest BCUT2D eigenvalue weighted by molar-refractivity contribution is 5.94. The van der Waals surface area contributed by atoms with Crippen molar-refractivity contribution in [1.82, 2.24) is 15.1 Å². The number of aryl methyl sites for hydroxylation is 2. The fourth-order valence-corrected chi connectivity index (χ4v) is 1.72. The SMILES string of the molecule is Cc1cc(C)n(C(=O)CNC(=O)/C=C\c2ccco2)n1. The lowest BCUT2D eigenvalue weighted by Crippen LogP contribution is -2.32. The van der Waals surface area contributed by atoms with Crippen molar-refractivity contribution >= 4 is 17.9 Å². The molecule has 0 aliphatic rings. The van der Waals surface area contributed by atoms with Gasteiger partial charge in [-0.1, -0.05) is 0 Å². The molecule has 0 atom stereocenters. The van der Waals surface area contributed by atoms with E-state index in [0.29, 0.717) is 5.76 Å². The van der Waals surface area contributed by atoms with Gasteiger partial charge in [-0.05, 0) is 38.1 Å². The molecule has 0 bridgehead atoms. The Bertz CT molecular complexity index is 639. The summed E-state index contributed by atoms with van der Waals surface area (Å²) in [5, 5.41) is 6.56. The van der Waals surface area contributed by atoms with Gasteiger partial charge >= 0.3 is 0 Å². The zero-order chi connectivity index (χ0) is 14.5. The molecule has 1 N–H and O–H groups in total. The fraction of sp³-hybridized carbons (Fsp3) is 0.214. The first-order valence-electron chi connectivity index (χ1n) is 6.12. The van der Waals surface area contributed by atoms with E-state index in [9.17, 15) is 9.59 Å². The predicted octanol–water partition coefficient (Wildman–Crippen LogP) is 1.56. The summed E-state index contributed by atoms with van der Waals surface area (Å²) >= 11 is 0. The predicted molar refractivity (Wildman–Crippen MR) is 73.1 cm³/mol. The normalized spacial score (nSPS) is 10.9. The number of hydrogen-bond acceptors (Lipinski definition) is 4. The van der Waals surface area contributed by atoms with Gasteiger partial charge in [0.05, 0.1) is 18.5 Å². The minimum absolute atomic E-state index is 0.108. The van der Waals surface area contributed by atoms with Gasteiger partial charge in [0.15, 0.2) is 0 Å². The average Bonchev–Trinajstić information content (AvgIpc) is 3.03. The molecule has 104 valence electrons. The molecule has 6 nitrogen and oxygen atoms in total. The van der Waals surface area contributed by atoms with Gasteiger partial charge in [-0.2, -0.15) is 5.10 Å². The van der Waals surface area contributed by atoms with Crippen molar-refractivity contribution in [2.24, 2.45) is 0 Å². The molecule has 20 heavy (non-hydrogen) atoms. The number of nitrogens with zero attached hydrogens (tertiary/aromatic N) is 2. The van der Waals surface area contributed by atoms with Crippen LogP contribution in [0.2, 0.25) is 0 Å². The van der Waals surface area contributed by atoms with E-state index < -0.39 is 0 Å². The van der Waals surface area contributed by atoms with Crippen LogP contribution in [-0.4, -0.2) is 28.1 Å². The lowest BCUT2D eigenvalue weighted by molar-refractivity contribution is -0.116. The summed E-state index contributed by atoms with van der Waals surface area (Å²) in [5.74, 6) is -0.0725. The van der Waals surface area contributed by atoms with E-state index in [4.69, 9.17) is 4.42 Å². The Morgan fingerprint density at radius 2 is 2.25 bits per heavy atom. The maximum absolute atomic E-state index is 11.9. The van der Waals surface area contributed by atoms with Crippen LogP contribution in [0.4, 0.5) is 0 Å². The largest absolute Gasteiger partial charge is 0.465 e. The third-order valence-electron chi connectivity index (χ3n) is 2.60. The smallest absolute Gasteiger partial charge is 0.266 e. The van der Waals surface area contributed by atoms with E-state index in [-0.39, 0.29) is 18.4 Å². The van der Waals surface area contributed by atoms with E-state index in [0.717, 1.165) is 11.4 Å². The van der Waals surface area contributed by atoms with E-state index in [1.165, 1.54) is 23.1 Å². The second kappa shape index (κ2) is 6.01. The summed E-state index contributed by atoms with van der Waals surface area (Å²) in [5.41, 5.74) is 1.51. The molecular weight excluding hydrogens is 258 g/mol. The first kappa shape index (κ1) is 13.8. The van der Waals surface area contributed by atoms with Crippen molar-refractivity contribution in [3.63, 3.8) is 0 Å². The van der Waals surface area contributed by atoms with Gasteiger partial charge in [0.1, 0.15) is 5.76 Å². The van der Waals surface area contributed by atoms with E-state index in [1.54, 1.807) is 25.1 Å². The van der Waals surface area contributed by atoms with Gasteiger partial charge in [-0.15, -0.1) is 0 Å². The number of furan rings is 1. The molecule has 0 aromatic carbocycles. The third-order valence-corrected chi connectivity index (χ3v) is 2.60. The zero-order valence-electron chi connectivity index (χ0n) is 11.3. The van der Waals surface area contributed by atoms with Crippen LogP contribution in [0.1, 0.15) is 21.9 Å². The molecule has 0 aliphatic carbocycles. The van der Waals surface area contributed by atoms with Crippen LogP contribution >= 0.6 is 0 Å². The zero-order valence-corrected chi connectivity index (χ0v) is 11.3. The summed E-state index contributed by atoms with van der Waals surface area (Å²) in [7, 11) is 0. The topological polar surface area (TPSA) is 77.1 Å². The lowest BCUT2D eigenvalue weighted by Gasteiger charge is -2.03. The minimum Gasteiger partial charge on any atom is -0.465 e. The molecule has 0 saturated carbocycles. The lowest BCUT2D eigenvalue weighted by atomic mass is 10.4. The highest BCUT2D eigenvalue weighted by Gasteiger charge is 2.10. The summed E-state index contributed by atoms with van der Waals surface area (Å²) in [6.07, 6.45) is 4.36. The van der Waals surface area contributed by atoms with Gasteiger partial charge in [-0.25, -0.2) is 4.68 Å². The summed E-state index contributed by atoms with van der Waals surface area (Å²) in [4.78, 5) is 23.4. The molecule has 6 heteroatoms. The molecule has 1 amide bonds. The van der Waals surface area contributed by atoms with Crippen LogP contribution in [0.15, 0.2) is 35.0 Å². The van der Waals surface area contributed by atoms with Gasteiger partial charge in [0.2, 0.25) is 5.91 Å². The second-order valence-electron chi connectivity index (χ2n) is 4.30. The Labute approximate surface area is 116 Å². The van der Waals surface area contributed by atoms with E-state index in [2.05, 4.69) is 10.4 Å². The van der Waals surface area contributed by atoms with Gasteiger partial charge in [0, 0.05) is 11.8 Å². The number of hydrogen-bond donors (Lipinski definition) is 1. The standard InChI is InChI=1S/C14H15N3O3/c1-10-8-11(2)17(16-10)14(19)9-15-13(18)6-5-12-4-3-7-20-12/h3-8H,9H2,1-2H3,(H,15,18)/b6-5-. The number of amides is 1. The summed E-state index contributed by atoms with van der Waals surface area (Å²) < 4.78 is 6.33. The molecule has 2 heterocycles. The van der Waals surface area contributed by atoms with Crippen LogP contribution in [0.3, 0.4) is 0 Å². The van der Waals surface area contributed by atoms with Crippen molar-refractivity contribution in [3.05, 3.63) is 47.7 Å². The number of nitrogens with one attached hydrogen (secondary N) is 1. The van der Waals surface area contributed by atoms with Gasteiger partial charge < -0.3 is 9.73 Å². The van der Waals surface area contributed by atoms with Crippen LogP contribution in [0, 0.1) is 13.8 Å². The van der Waals surface area contributed by atoms with Crippen LogP contribution in [0.25, 0.3) is 6.08 Å². The Morgan fingerprint density at radius 3 is 2.85 bits per heavy atom. The number of carbonyl (C=O) groups excluding carboxylic acids is 2. The second-order valence-corrected chi connectivity index (χ2v) is 4.30. The molecule has 2 aromatic heterocycles. The molecule has 0 radical (unpaired) electrons. The molecule has 2 aromatic rings. The molecule has 0 saturated heterocycles. The Kier molecular flexibility index (Phi) is 4.14. The summed E-state index contributed by atoms with van der Waals surface area (Å²) in [6.45, 7) is 3.49. The maximum Gasteiger partial charge on any atom is 0.266 e. The quantitative estimate of drug-likeness (QED) is 0.858. The molecule has 0 aliphatic heterocycles. The third kappa shape index (κ3) is 3.44. The first-order valence-corrected chi connectivity index (χ1v) is 6.12. The summed E-state index contributed by atoms with van der Waals surface area (Å²) in [6, 6.07) is 5.26. The van der Waals surface area contributed by atoms with Crippen molar-refractivity contribution in [2.45, 2.75) is 13.8 Å².